The van der Waals surface area contributed by atoms with Crippen LogP contribution in [0.5, 0.6) is 0 Å². The van der Waals surface area contributed by atoms with E-state index in [2.05, 4.69) is 76.2 Å². The van der Waals surface area contributed by atoms with Crippen LogP contribution >= 0.6 is 11.3 Å². The fraction of sp³-hybridized carbons (Fsp3) is 0.310. The molecule has 0 unspecified atom stereocenters. The van der Waals surface area contributed by atoms with Gasteiger partial charge < -0.3 is 8.83 Å². The molecule has 6 aromatic rings. The van der Waals surface area contributed by atoms with E-state index < -0.39 is 0 Å². The van der Waals surface area contributed by atoms with E-state index in [0.717, 1.165) is 50.8 Å². The van der Waals surface area contributed by atoms with Gasteiger partial charge >= 0.3 is 0 Å². The number of rotatable bonds is 3. The summed E-state index contributed by atoms with van der Waals surface area (Å²) in [5, 5.41) is 6.53. The second kappa shape index (κ2) is 7.41. The lowest BCUT2D eigenvalue weighted by Crippen LogP contribution is -2.11. The molecule has 34 heavy (non-hydrogen) atoms. The van der Waals surface area contributed by atoms with Gasteiger partial charge in [0.25, 0.3) is 0 Å². The maximum Gasteiger partial charge on any atom is 0.230 e. The van der Waals surface area contributed by atoms with Crippen molar-refractivity contribution in [3.63, 3.8) is 0 Å². The van der Waals surface area contributed by atoms with Crippen LogP contribution in [0.15, 0.2) is 50.9 Å². The van der Waals surface area contributed by atoms with Crippen LogP contribution in [0, 0.1) is 12.8 Å². The van der Waals surface area contributed by atoms with E-state index >= 15 is 0 Å². The molecule has 0 spiro atoms. The Labute approximate surface area is 202 Å². The minimum Gasteiger partial charge on any atom is -0.461 e. The molecular weight excluding hydrogens is 440 g/mol. The minimum absolute atomic E-state index is 0.0244. The molecule has 0 amide bonds. The first-order chi connectivity index (χ1) is 16.2. The number of nitrogens with zero attached hydrogens (tertiary/aromatic N) is 2. The van der Waals surface area contributed by atoms with E-state index in [0.29, 0.717) is 11.6 Å². The highest BCUT2D eigenvalue weighted by Crippen LogP contribution is 2.41. The Balaban J connectivity index is 1.64. The highest BCUT2D eigenvalue weighted by Gasteiger charge is 2.23. The van der Waals surface area contributed by atoms with Crippen molar-refractivity contribution in [1.29, 1.82) is 0 Å². The predicted octanol–water partition coefficient (Wildman–Crippen LogP) is 8.81. The van der Waals surface area contributed by atoms with Crippen molar-refractivity contribution in [3.8, 4) is 11.3 Å². The number of fused-ring (bicyclic) bond motifs is 5. The summed E-state index contributed by atoms with van der Waals surface area (Å²) < 4.78 is 13.8. The molecule has 4 heterocycles. The van der Waals surface area contributed by atoms with Crippen molar-refractivity contribution >= 4 is 54.5 Å². The van der Waals surface area contributed by atoms with Gasteiger partial charge in [0.15, 0.2) is 0 Å². The third-order valence-electron chi connectivity index (χ3n) is 6.65. The number of aryl methyl sites for hydroxylation is 1. The molecule has 0 aliphatic carbocycles. The Morgan fingerprint density at radius 1 is 0.971 bits per heavy atom. The van der Waals surface area contributed by atoms with Gasteiger partial charge in [-0.1, -0.05) is 34.6 Å². The maximum absolute atomic E-state index is 6.23. The first-order valence-corrected chi connectivity index (χ1v) is 12.7. The maximum atomic E-state index is 6.23. The van der Waals surface area contributed by atoms with Gasteiger partial charge in [0, 0.05) is 33.5 Å². The number of benzene rings is 2. The highest BCUT2D eigenvalue weighted by molar-refractivity contribution is 7.17. The first-order valence-electron chi connectivity index (χ1n) is 11.8. The second-order valence-corrected chi connectivity index (χ2v) is 11.6. The quantitative estimate of drug-likeness (QED) is 0.260. The zero-order chi connectivity index (χ0) is 23.8. The van der Waals surface area contributed by atoms with Gasteiger partial charge in [0.05, 0.1) is 11.1 Å². The Morgan fingerprint density at radius 3 is 2.53 bits per heavy atom. The molecule has 0 N–H and O–H groups in total. The van der Waals surface area contributed by atoms with Crippen molar-refractivity contribution < 1.29 is 8.83 Å². The first kappa shape index (κ1) is 21.4. The largest absolute Gasteiger partial charge is 0.461 e. The summed E-state index contributed by atoms with van der Waals surface area (Å²) in [7, 11) is 0. The molecule has 4 nitrogen and oxygen atoms in total. The lowest BCUT2D eigenvalue weighted by atomic mass is 9.85. The molecule has 0 saturated heterocycles. The molecule has 0 radical (unpaired) electrons. The average Bonchev–Trinajstić information content (AvgIpc) is 3.46. The zero-order valence-corrected chi connectivity index (χ0v) is 21.3. The van der Waals surface area contributed by atoms with Gasteiger partial charge in [-0.15, -0.1) is 11.3 Å². The van der Waals surface area contributed by atoms with E-state index in [1.807, 2.05) is 6.07 Å². The summed E-state index contributed by atoms with van der Waals surface area (Å²) in [4.78, 5) is 9.25. The Kier molecular flexibility index (Phi) is 4.65. The molecule has 0 atom stereocenters. The number of furan rings is 2. The van der Waals surface area contributed by atoms with Crippen LogP contribution < -0.4 is 0 Å². The van der Waals surface area contributed by atoms with E-state index in [1.165, 1.54) is 21.2 Å². The average molecular weight is 469 g/mol. The highest BCUT2D eigenvalue weighted by atomic mass is 32.1. The monoisotopic (exact) mass is 468 g/mol. The SMILES string of the molecule is Cc1c(CC(C)C)oc2cc3oc4ncnc(-c5cc(C(C)(C)C)c6sccc6c5)c4c3cc12. The lowest BCUT2D eigenvalue weighted by molar-refractivity contribution is 0.496. The van der Waals surface area contributed by atoms with Crippen LogP contribution in [0.4, 0.5) is 0 Å². The fourth-order valence-corrected chi connectivity index (χ4v) is 6.04. The molecule has 0 aliphatic heterocycles. The normalized spacial score (nSPS) is 12.8. The molecule has 5 heteroatoms. The van der Waals surface area contributed by atoms with Crippen molar-refractivity contribution in [1.82, 2.24) is 9.97 Å². The zero-order valence-electron chi connectivity index (χ0n) is 20.4. The second-order valence-electron chi connectivity index (χ2n) is 10.7. The van der Waals surface area contributed by atoms with Gasteiger partial charge in [0.1, 0.15) is 23.3 Å². The summed E-state index contributed by atoms with van der Waals surface area (Å²) in [6.07, 6.45) is 2.53. The van der Waals surface area contributed by atoms with E-state index in [-0.39, 0.29) is 5.41 Å². The topological polar surface area (TPSA) is 52.1 Å². The van der Waals surface area contributed by atoms with Gasteiger partial charge in [-0.05, 0) is 64.4 Å². The molecule has 0 saturated carbocycles. The lowest BCUT2D eigenvalue weighted by Gasteiger charge is -2.21. The van der Waals surface area contributed by atoms with Crippen molar-refractivity contribution in [2.75, 3.05) is 0 Å². The van der Waals surface area contributed by atoms with Crippen molar-refractivity contribution in [3.05, 3.63) is 58.9 Å². The van der Waals surface area contributed by atoms with Crippen molar-refractivity contribution in [2.24, 2.45) is 5.92 Å². The molecule has 172 valence electrons. The molecule has 0 fully saturated rings. The predicted molar refractivity (Wildman–Crippen MR) is 142 cm³/mol. The van der Waals surface area contributed by atoms with Gasteiger partial charge in [0.2, 0.25) is 5.71 Å². The third-order valence-corrected chi connectivity index (χ3v) is 7.62. The van der Waals surface area contributed by atoms with E-state index in [9.17, 15) is 0 Å². The Morgan fingerprint density at radius 2 is 1.76 bits per heavy atom. The smallest absolute Gasteiger partial charge is 0.230 e. The van der Waals surface area contributed by atoms with E-state index in [1.54, 1.807) is 17.7 Å². The Bertz CT molecular complexity index is 1710. The van der Waals surface area contributed by atoms with Crippen LogP contribution in [-0.2, 0) is 11.8 Å². The van der Waals surface area contributed by atoms with E-state index in [4.69, 9.17) is 13.8 Å². The molecule has 0 aliphatic rings. The summed E-state index contributed by atoms with van der Waals surface area (Å²) in [5.74, 6) is 1.59. The van der Waals surface area contributed by atoms with Crippen LogP contribution in [0.2, 0.25) is 0 Å². The number of thiophene rings is 1. The van der Waals surface area contributed by atoms with Crippen LogP contribution in [0.1, 0.15) is 51.5 Å². The van der Waals surface area contributed by atoms with Gasteiger partial charge in [-0.2, -0.15) is 0 Å². The number of hydrogen-bond acceptors (Lipinski definition) is 5. The number of aromatic nitrogens is 2. The molecule has 0 bridgehead atoms. The molecular formula is C29H28N2O2S. The summed E-state index contributed by atoms with van der Waals surface area (Å²) >= 11 is 1.80. The third kappa shape index (κ3) is 3.25. The number of hydrogen-bond donors (Lipinski definition) is 0. The summed E-state index contributed by atoms with van der Waals surface area (Å²) in [6.45, 7) is 13.4. The van der Waals surface area contributed by atoms with Crippen molar-refractivity contribution in [2.45, 2.75) is 53.4 Å². The summed E-state index contributed by atoms with van der Waals surface area (Å²) in [6, 6.07) is 10.9. The summed E-state index contributed by atoms with van der Waals surface area (Å²) in [5.41, 5.74) is 6.81. The minimum atomic E-state index is 0.0244. The van der Waals surface area contributed by atoms with Gasteiger partial charge in [-0.3, -0.25) is 0 Å². The molecule has 4 aromatic heterocycles. The van der Waals surface area contributed by atoms with Crippen LogP contribution in [0.3, 0.4) is 0 Å². The Hall–Kier alpha value is -3.18. The standard InChI is InChI=1S/C29H28N2O2S/c1-15(2)9-22-16(3)19-12-20-24(13-23(19)32-22)33-28-25(20)26(30-14-31-28)18-10-17-7-8-34-27(17)21(11-18)29(4,5)6/h7-8,10-15H,9H2,1-6H3. The van der Waals surface area contributed by atoms with Gasteiger partial charge in [-0.25, -0.2) is 9.97 Å². The fourth-order valence-electron chi connectivity index (χ4n) is 4.93. The van der Waals surface area contributed by atoms with Crippen LogP contribution in [-0.4, -0.2) is 9.97 Å². The molecule has 2 aromatic carbocycles. The molecule has 6 rings (SSSR count). The van der Waals surface area contributed by atoms with Crippen LogP contribution in [0.25, 0.3) is 54.4 Å².